The van der Waals surface area contributed by atoms with Gasteiger partial charge in [-0.2, -0.15) is 8.42 Å². The summed E-state index contributed by atoms with van der Waals surface area (Å²) in [5.41, 5.74) is 3.30. The third-order valence-corrected chi connectivity index (χ3v) is 6.52. The van der Waals surface area contributed by atoms with Crippen LogP contribution in [0.4, 0.5) is 10.2 Å². The van der Waals surface area contributed by atoms with Gasteiger partial charge in [0.2, 0.25) is 5.78 Å². The molecule has 0 spiro atoms. The molecule has 9 nitrogen and oxygen atoms in total. The zero-order chi connectivity index (χ0) is 25.2. The van der Waals surface area contributed by atoms with Crippen LogP contribution >= 0.6 is 0 Å². The van der Waals surface area contributed by atoms with Gasteiger partial charge >= 0.3 is 10.3 Å². The number of carbonyl (C=O) groups excluding carboxylic acids is 1. The van der Waals surface area contributed by atoms with E-state index < -0.39 is 28.3 Å². The summed E-state index contributed by atoms with van der Waals surface area (Å²) in [5, 5.41) is 7.83. The Bertz CT molecular complexity index is 1330. The van der Waals surface area contributed by atoms with E-state index in [-0.39, 0.29) is 42.5 Å². The summed E-state index contributed by atoms with van der Waals surface area (Å²) in [6.45, 7) is 3.62. The third kappa shape index (κ3) is 6.30. The second-order valence-electron chi connectivity index (χ2n) is 8.85. The van der Waals surface area contributed by atoms with Gasteiger partial charge in [0, 0.05) is 12.6 Å². The molecule has 11 heteroatoms. The fourth-order valence-electron chi connectivity index (χ4n) is 4.33. The first-order valence-corrected chi connectivity index (χ1v) is 12.6. The number of hydrogen-bond donors (Lipinski definition) is 2. The van der Waals surface area contributed by atoms with Crippen molar-refractivity contribution < 1.29 is 26.2 Å². The number of ketones is 1. The van der Waals surface area contributed by atoms with Gasteiger partial charge in [0.05, 0.1) is 18.2 Å². The number of aromatic nitrogens is 2. The predicted octanol–water partition coefficient (Wildman–Crippen LogP) is 3.26. The number of nitrogens with zero attached hydrogens (tertiary/aromatic N) is 2. The van der Waals surface area contributed by atoms with Gasteiger partial charge in [-0.15, -0.1) is 0 Å². The summed E-state index contributed by atoms with van der Waals surface area (Å²) in [7, 11) is -4.10. The quantitative estimate of drug-likeness (QED) is 0.425. The maximum atomic E-state index is 14.6. The molecule has 1 aliphatic rings. The molecule has 35 heavy (non-hydrogen) atoms. The number of benzene rings is 1. The van der Waals surface area contributed by atoms with Crippen LogP contribution in [0.15, 0.2) is 47.3 Å². The SMILES string of the molecule is Cc1cccc(Cc2cc(C(=O)c3cncnc3N[C@@H]3C[C@H](COS(N)(=O)=O)C[C@@H]3F)oc2C)c1. The van der Waals surface area contributed by atoms with Crippen LogP contribution < -0.4 is 10.5 Å². The van der Waals surface area contributed by atoms with Gasteiger partial charge in [0.15, 0.2) is 5.76 Å². The van der Waals surface area contributed by atoms with Crippen LogP contribution in [0.2, 0.25) is 0 Å². The van der Waals surface area contributed by atoms with Gasteiger partial charge in [-0.25, -0.2) is 19.5 Å². The second kappa shape index (κ2) is 10.2. The first-order chi connectivity index (χ1) is 16.6. The Morgan fingerprint density at radius 3 is 2.83 bits per heavy atom. The van der Waals surface area contributed by atoms with Crippen LogP contribution in [0, 0.1) is 19.8 Å². The van der Waals surface area contributed by atoms with Crippen molar-refractivity contribution in [3.63, 3.8) is 0 Å². The van der Waals surface area contributed by atoms with Crippen molar-refractivity contribution in [2.45, 2.75) is 45.3 Å². The highest BCUT2D eigenvalue weighted by Crippen LogP contribution is 2.32. The molecule has 0 amide bonds. The summed E-state index contributed by atoms with van der Waals surface area (Å²) < 4.78 is 47.1. The molecule has 0 radical (unpaired) electrons. The molecular weight excluding hydrogens is 475 g/mol. The monoisotopic (exact) mass is 502 g/mol. The first-order valence-electron chi connectivity index (χ1n) is 11.2. The van der Waals surface area contributed by atoms with E-state index in [1.165, 1.54) is 12.5 Å². The third-order valence-electron chi connectivity index (χ3n) is 6.05. The summed E-state index contributed by atoms with van der Waals surface area (Å²) in [6, 6.07) is 9.14. The predicted molar refractivity (Wildman–Crippen MR) is 127 cm³/mol. The standard InChI is InChI=1S/C24H27FN4O5S/c1-14-4-3-5-16(6-14)7-18-10-22(34-15(18)2)23(30)19-11-27-13-28-24(19)29-21-9-17(8-20(21)25)12-33-35(26,31)32/h3-6,10-11,13,17,20-21H,7-9,12H2,1-2H3,(H2,26,31,32)(H,27,28,29)/t17-,20+,21-/m1/s1. The van der Waals surface area contributed by atoms with Crippen LogP contribution in [-0.2, 0) is 20.9 Å². The lowest BCUT2D eigenvalue weighted by Crippen LogP contribution is -2.27. The van der Waals surface area contributed by atoms with Gasteiger partial charge in [-0.3, -0.25) is 8.98 Å². The van der Waals surface area contributed by atoms with Crippen LogP contribution in [0.3, 0.4) is 0 Å². The molecule has 1 fully saturated rings. The van der Waals surface area contributed by atoms with Gasteiger partial charge < -0.3 is 9.73 Å². The molecule has 186 valence electrons. The number of aryl methyl sites for hydroxylation is 2. The highest BCUT2D eigenvalue weighted by atomic mass is 32.2. The van der Waals surface area contributed by atoms with E-state index in [4.69, 9.17) is 9.56 Å². The van der Waals surface area contributed by atoms with Crippen molar-refractivity contribution in [2.24, 2.45) is 11.1 Å². The van der Waals surface area contributed by atoms with Crippen molar-refractivity contribution in [2.75, 3.05) is 11.9 Å². The topological polar surface area (TPSA) is 137 Å². The number of rotatable bonds is 9. The lowest BCUT2D eigenvalue weighted by molar-refractivity contribution is 0.101. The van der Waals surface area contributed by atoms with Crippen molar-refractivity contribution >= 4 is 21.9 Å². The summed E-state index contributed by atoms with van der Waals surface area (Å²) in [4.78, 5) is 21.4. The maximum Gasteiger partial charge on any atom is 0.333 e. The Labute approximate surface area is 203 Å². The minimum absolute atomic E-state index is 0.0985. The van der Waals surface area contributed by atoms with Crippen LogP contribution in [0.1, 0.15) is 51.4 Å². The highest BCUT2D eigenvalue weighted by Gasteiger charge is 2.36. The number of nitrogens with two attached hydrogens (primary N) is 1. The summed E-state index contributed by atoms with van der Waals surface area (Å²) >= 11 is 0. The smallest absolute Gasteiger partial charge is 0.333 e. The van der Waals surface area contributed by atoms with Gasteiger partial charge in [0.25, 0.3) is 0 Å². The molecule has 0 aliphatic heterocycles. The number of hydrogen-bond acceptors (Lipinski definition) is 8. The van der Waals surface area contributed by atoms with Crippen molar-refractivity contribution in [3.05, 3.63) is 76.6 Å². The first kappa shape index (κ1) is 25.0. The largest absolute Gasteiger partial charge is 0.458 e. The summed E-state index contributed by atoms with van der Waals surface area (Å²) in [6.07, 6.45) is 2.34. The Morgan fingerprint density at radius 2 is 2.09 bits per heavy atom. The summed E-state index contributed by atoms with van der Waals surface area (Å²) in [5.74, 6) is 0.192. The van der Waals surface area contributed by atoms with Crippen molar-refractivity contribution in [3.8, 4) is 0 Å². The normalized spacial score (nSPS) is 20.2. The minimum atomic E-state index is -4.10. The Kier molecular flexibility index (Phi) is 7.29. The number of anilines is 1. The van der Waals surface area contributed by atoms with Gasteiger partial charge in [-0.05, 0) is 49.8 Å². The number of halogens is 1. The molecule has 1 aliphatic carbocycles. The average Bonchev–Trinajstić information content (AvgIpc) is 3.34. The van der Waals surface area contributed by atoms with E-state index >= 15 is 0 Å². The maximum absolute atomic E-state index is 14.6. The molecule has 4 rings (SSSR count). The van der Waals surface area contributed by atoms with E-state index in [1.807, 2.05) is 25.1 Å². The molecule has 1 saturated carbocycles. The Balaban J connectivity index is 1.49. The van der Waals surface area contributed by atoms with E-state index in [0.717, 1.165) is 16.7 Å². The Morgan fingerprint density at radius 1 is 1.29 bits per heavy atom. The van der Waals surface area contributed by atoms with Crippen molar-refractivity contribution in [1.29, 1.82) is 0 Å². The van der Waals surface area contributed by atoms with E-state index in [0.29, 0.717) is 12.2 Å². The number of furan rings is 1. The zero-order valence-electron chi connectivity index (χ0n) is 19.4. The zero-order valence-corrected chi connectivity index (χ0v) is 20.2. The molecule has 2 heterocycles. The lowest BCUT2D eigenvalue weighted by atomic mass is 10.0. The second-order valence-corrected chi connectivity index (χ2v) is 10.1. The fourth-order valence-corrected chi connectivity index (χ4v) is 4.71. The number of alkyl halides is 1. The molecule has 2 aromatic heterocycles. The van der Waals surface area contributed by atoms with Crippen molar-refractivity contribution in [1.82, 2.24) is 9.97 Å². The van der Waals surface area contributed by atoms with Crippen LogP contribution in [-0.4, -0.2) is 43.0 Å². The molecule has 0 bridgehead atoms. The molecule has 3 aromatic rings. The van der Waals surface area contributed by atoms with Gasteiger partial charge in [-0.1, -0.05) is 29.8 Å². The highest BCUT2D eigenvalue weighted by molar-refractivity contribution is 7.84. The molecule has 3 N–H and O–H groups in total. The molecular formula is C24H27FN4O5S. The van der Waals surface area contributed by atoms with Gasteiger partial charge in [0.1, 0.15) is 24.1 Å². The molecule has 3 atom stereocenters. The molecule has 0 saturated heterocycles. The molecule has 1 aromatic carbocycles. The van der Waals surface area contributed by atoms with E-state index in [2.05, 4.69) is 25.5 Å². The lowest BCUT2D eigenvalue weighted by Gasteiger charge is -2.17. The minimum Gasteiger partial charge on any atom is -0.458 e. The number of carbonyl (C=O) groups is 1. The number of nitrogens with one attached hydrogen (secondary N) is 1. The van der Waals surface area contributed by atoms with E-state index in [9.17, 15) is 17.6 Å². The van der Waals surface area contributed by atoms with E-state index in [1.54, 1.807) is 13.0 Å². The van der Waals surface area contributed by atoms with Crippen LogP contribution in [0.5, 0.6) is 0 Å². The van der Waals surface area contributed by atoms with Crippen LogP contribution in [0.25, 0.3) is 0 Å². The molecule has 0 unspecified atom stereocenters. The average molecular weight is 503 g/mol. The Hall–Kier alpha value is -3.15. The fraction of sp³-hybridized carbons (Fsp3) is 0.375.